The summed E-state index contributed by atoms with van der Waals surface area (Å²) < 4.78 is 5.09. The Morgan fingerprint density at radius 3 is 2.43 bits per heavy atom. The summed E-state index contributed by atoms with van der Waals surface area (Å²) >= 11 is 0. The predicted octanol–water partition coefficient (Wildman–Crippen LogP) is 1.92. The van der Waals surface area contributed by atoms with Crippen LogP contribution >= 0.6 is 0 Å². The zero-order chi connectivity index (χ0) is 17.6. The third kappa shape index (κ3) is 6.32. The average molecular weight is 321 g/mol. The lowest BCUT2D eigenvalue weighted by atomic mass is 10.0. The van der Waals surface area contributed by atoms with Gasteiger partial charge in [-0.25, -0.2) is 4.79 Å². The van der Waals surface area contributed by atoms with Crippen molar-refractivity contribution in [2.45, 2.75) is 44.9 Å². The number of non-ortho nitro benzene ring substituents is 1. The van der Waals surface area contributed by atoms with Crippen molar-refractivity contribution in [2.75, 3.05) is 0 Å². The van der Waals surface area contributed by atoms with E-state index in [0.717, 1.165) is 0 Å². The molecule has 8 heteroatoms. The summed E-state index contributed by atoms with van der Waals surface area (Å²) in [6, 6.07) is 6.42. The summed E-state index contributed by atoms with van der Waals surface area (Å²) in [5, 5.41) is 31.7. The molecule has 0 radical (unpaired) electrons. The monoisotopic (exact) mass is 321 g/mol. The molecule has 23 heavy (non-hydrogen) atoms. The van der Waals surface area contributed by atoms with Crippen LogP contribution in [0.5, 0.6) is 0 Å². The topological polar surface area (TPSA) is 125 Å². The van der Waals surface area contributed by atoms with Gasteiger partial charge in [-0.2, -0.15) is 5.26 Å². The molecule has 0 spiro atoms. The Balaban J connectivity index is 2.81. The van der Waals surface area contributed by atoms with E-state index in [4.69, 9.17) is 10.00 Å². The van der Waals surface area contributed by atoms with E-state index >= 15 is 0 Å². The first-order valence-electron chi connectivity index (χ1n) is 6.93. The fraction of sp³-hybridized carbons (Fsp3) is 0.467. The summed E-state index contributed by atoms with van der Waals surface area (Å²) in [6.07, 6.45) is -2.05. The van der Waals surface area contributed by atoms with Crippen LogP contribution in [-0.2, 0) is 11.2 Å². The van der Waals surface area contributed by atoms with E-state index in [2.05, 4.69) is 5.32 Å². The lowest BCUT2D eigenvalue weighted by Gasteiger charge is -2.24. The van der Waals surface area contributed by atoms with Gasteiger partial charge in [-0.05, 0) is 32.8 Å². The zero-order valence-corrected chi connectivity index (χ0v) is 13.1. The van der Waals surface area contributed by atoms with Crippen molar-refractivity contribution in [3.63, 3.8) is 0 Å². The fourth-order valence-corrected chi connectivity index (χ4v) is 1.80. The van der Waals surface area contributed by atoms with Gasteiger partial charge in [0.05, 0.1) is 17.0 Å². The van der Waals surface area contributed by atoms with E-state index < -0.39 is 28.8 Å². The molecule has 1 aromatic carbocycles. The van der Waals surface area contributed by atoms with Gasteiger partial charge in [-0.1, -0.05) is 12.1 Å². The highest BCUT2D eigenvalue weighted by molar-refractivity contribution is 5.68. The van der Waals surface area contributed by atoms with E-state index in [1.165, 1.54) is 24.3 Å². The highest BCUT2D eigenvalue weighted by Crippen LogP contribution is 2.15. The smallest absolute Gasteiger partial charge is 0.408 e. The number of alkyl carbamates (subject to hydrolysis) is 1. The number of nitro benzene ring substituents is 1. The van der Waals surface area contributed by atoms with Crippen LogP contribution in [0.3, 0.4) is 0 Å². The molecule has 124 valence electrons. The van der Waals surface area contributed by atoms with Crippen LogP contribution in [0.1, 0.15) is 26.3 Å². The first-order chi connectivity index (χ1) is 10.6. The summed E-state index contributed by atoms with van der Waals surface area (Å²) in [5.41, 5.74) is -0.142. The Hall–Kier alpha value is -2.66. The van der Waals surface area contributed by atoms with Gasteiger partial charge >= 0.3 is 6.09 Å². The van der Waals surface area contributed by atoms with Crippen molar-refractivity contribution in [3.8, 4) is 6.07 Å². The van der Waals surface area contributed by atoms with Crippen LogP contribution in [0, 0.1) is 21.4 Å². The minimum absolute atomic E-state index is 0.0637. The molecule has 1 amide bonds. The molecule has 0 aliphatic heterocycles. The molecule has 2 atom stereocenters. The van der Waals surface area contributed by atoms with Gasteiger partial charge in [0.2, 0.25) is 0 Å². The van der Waals surface area contributed by atoms with Crippen LogP contribution in [0.4, 0.5) is 10.5 Å². The Morgan fingerprint density at radius 2 is 2.00 bits per heavy atom. The molecule has 0 saturated heterocycles. The summed E-state index contributed by atoms with van der Waals surface area (Å²) in [7, 11) is 0. The second-order valence-electron chi connectivity index (χ2n) is 5.95. The maximum Gasteiger partial charge on any atom is 0.408 e. The van der Waals surface area contributed by atoms with Crippen LogP contribution in [0.15, 0.2) is 24.3 Å². The Morgan fingerprint density at radius 1 is 1.43 bits per heavy atom. The fourth-order valence-electron chi connectivity index (χ4n) is 1.80. The minimum Gasteiger partial charge on any atom is -0.444 e. The number of aliphatic hydroxyl groups excluding tert-OH is 1. The largest absolute Gasteiger partial charge is 0.444 e. The molecular formula is C15H19N3O5. The third-order valence-electron chi connectivity index (χ3n) is 2.82. The molecule has 0 bridgehead atoms. The zero-order valence-electron chi connectivity index (χ0n) is 13.1. The molecule has 1 rings (SSSR count). The normalized spacial score (nSPS) is 13.5. The number of nitrogens with one attached hydrogen (secondary N) is 1. The molecule has 0 aliphatic rings. The predicted molar refractivity (Wildman–Crippen MR) is 81.6 cm³/mol. The average Bonchev–Trinajstić information content (AvgIpc) is 2.44. The number of benzene rings is 1. The number of hydrogen-bond donors (Lipinski definition) is 2. The number of rotatable bonds is 5. The van der Waals surface area contributed by atoms with Gasteiger partial charge in [0, 0.05) is 12.1 Å². The maximum atomic E-state index is 11.8. The number of carbonyl (C=O) groups excluding carboxylic acids is 1. The molecule has 0 aliphatic carbocycles. The Labute approximate surface area is 133 Å². The third-order valence-corrected chi connectivity index (χ3v) is 2.82. The van der Waals surface area contributed by atoms with Gasteiger partial charge in [0.25, 0.3) is 5.69 Å². The van der Waals surface area contributed by atoms with Crippen molar-refractivity contribution in [1.29, 1.82) is 5.26 Å². The first-order valence-corrected chi connectivity index (χ1v) is 6.93. The van der Waals surface area contributed by atoms with Gasteiger partial charge < -0.3 is 15.2 Å². The van der Waals surface area contributed by atoms with E-state index in [1.807, 2.05) is 0 Å². The molecule has 1 aromatic rings. The number of carbonyl (C=O) groups is 1. The van der Waals surface area contributed by atoms with Crippen LogP contribution in [0.2, 0.25) is 0 Å². The highest BCUT2D eigenvalue weighted by Gasteiger charge is 2.25. The SMILES string of the molecule is CC(C)(C)OC(=O)NC(Cc1ccc([N+](=O)[O-])cc1)C(O)C#N. The van der Waals surface area contributed by atoms with Crippen LogP contribution in [-0.4, -0.2) is 33.9 Å². The van der Waals surface area contributed by atoms with Gasteiger partial charge in [0.1, 0.15) is 5.60 Å². The molecule has 0 saturated carbocycles. The van der Waals surface area contributed by atoms with Crippen LogP contribution < -0.4 is 5.32 Å². The standard InChI is InChI=1S/C15H19N3O5/c1-15(2,3)23-14(20)17-12(13(19)9-16)8-10-4-6-11(7-5-10)18(21)22/h4-7,12-13,19H,8H2,1-3H3,(H,17,20). The second kappa shape index (κ2) is 7.56. The van der Waals surface area contributed by atoms with Crippen molar-refractivity contribution < 1.29 is 19.6 Å². The number of aliphatic hydroxyl groups is 1. The summed E-state index contributed by atoms with van der Waals surface area (Å²) in [5.74, 6) is 0. The number of amides is 1. The lowest BCUT2D eigenvalue weighted by Crippen LogP contribution is -2.46. The number of nitrogens with zero attached hydrogens (tertiary/aromatic N) is 2. The number of ether oxygens (including phenoxy) is 1. The van der Waals surface area contributed by atoms with Crippen molar-refractivity contribution in [1.82, 2.24) is 5.32 Å². The molecular weight excluding hydrogens is 302 g/mol. The molecule has 0 heterocycles. The van der Waals surface area contributed by atoms with E-state index in [0.29, 0.717) is 5.56 Å². The van der Waals surface area contributed by atoms with E-state index in [-0.39, 0.29) is 12.1 Å². The van der Waals surface area contributed by atoms with Gasteiger partial charge in [0.15, 0.2) is 6.10 Å². The summed E-state index contributed by atoms with van der Waals surface area (Å²) in [6.45, 7) is 5.08. The Kier molecular flexibility index (Phi) is 6.04. The second-order valence-corrected chi connectivity index (χ2v) is 5.95. The van der Waals surface area contributed by atoms with Crippen molar-refractivity contribution >= 4 is 11.8 Å². The molecule has 2 N–H and O–H groups in total. The van der Waals surface area contributed by atoms with E-state index in [1.54, 1.807) is 26.8 Å². The quantitative estimate of drug-likeness (QED) is 0.485. The highest BCUT2D eigenvalue weighted by atomic mass is 16.6. The lowest BCUT2D eigenvalue weighted by molar-refractivity contribution is -0.384. The molecule has 8 nitrogen and oxygen atoms in total. The maximum absolute atomic E-state index is 11.8. The van der Waals surface area contributed by atoms with E-state index in [9.17, 15) is 20.0 Å². The number of nitro groups is 1. The first kappa shape index (κ1) is 18.4. The molecule has 2 unspecified atom stereocenters. The van der Waals surface area contributed by atoms with Crippen molar-refractivity contribution in [3.05, 3.63) is 39.9 Å². The van der Waals surface area contributed by atoms with Gasteiger partial charge in [-0.15, -0.1) is 0 Å². The summed E-state index contributed by atoms with van der Waals surface area (Å²) in [4.78, 5) is 21.9. The molecule has 0 aromatic heterocycles. The Bertz CT molecular complexity index is 601. The number of hydrogen-bond acceptors (Lipinski definition) is 6. The molecule has 0 fully saturated rings. The minimum atomic E-state index is -1.43. The van der Waals surface area contributed by atoms with Gasteiger partial charge in [-0.3, -0.25) is 10.1 Å². The number of nitriles is 1. The van der Waals surface area contributed by atoms with Crippen LogP contribution in [0.25, 0.3) is 0 Å². The van der Waals surface area contributed by atoms with Crippen molar-refractivity contribution in [2.24, 2.45) is 0 Å².